The van der Waals surface area contributed by atoms with Gasteiger partial charge in [-0.3, -0.25) is 0 Å². The quantitative estimate of drug-likeness (QED) is 0.724. The van der Waals surface area contributed by atoms with E-state index in [-0.39, 0.29) is 11.5 Å². The zero-order valence-corrected chi connectivity index (χ0v) is 10.3. The third kappa shape index (κ3) is 1.66. The van der Waals surface area contributed by atoms with E-state index in [0.717, 1.165) is 6.07 Å². The zero-order chi connectivity index (χ0) is 13.0. The van der Waals surface area contributed by atoms with Crippen molar-refractivity contribution in [2.75, 3.05) is 0 Å². The number of nitrogens with two attached hydrogens (primary N) is 1. The summed E-state index contributed by atoms with van der Waals surface area (Å²) in [5.74, 6) is -2.25. The molecule has 3 nitrogen and oxygen atoms in total. The number of halogens is 2. The Balaban J connectivity index is 2.83. The van der Waals surface area contributed by atoms with Gasteiger partial charge in [-0.15, -0.1) is 0 Å². The highest BCUT2D eigenvalue weighted by Gasteiger charge is 2.42. The molecule has 1 heterocycles. The lowest BCUT2D eigenvalue weighted by molar-refractivity contribution is 0.412. The summed E-state index contributed by atoms with van der Waals surface area (Å²) < 4.78 is 50.9. The predicted molar refractivity (Wildman–Crippen MR) is 59.1 cm³/mol. The van der Waals surface area contributed by atoms with Crippen LogP contribution in [0.25, 0.3) is 0 Å². The molecule has 1 aliphatic heterocycles. The molecule has 6 heteroatoms. The zero-order valence-electron chi connectivity index (χ0n) is 9.44. The normalized spacial score (nSPS) is 31.0. The van der Waals surface area contributed by atoms with Crippen molar-refractivity contribution in [1.29, 1.82) is 0 Å². The highest BCUT2D eigenvalue weighted by molar-refractivity contribution is 7.92. The summed E-state index contributed by atoms with van der Waals surface area (Å²) in [7, 11) is -3.77. The van der Waals surface area contributed by atoms with Gasteiger partial charge in [0.25, 0.3) is 0 Å². The third-order valence-corrected chi connectivity index (χ3v) is 5.89. The number of benzene rings is 1. The van der Waals surface area contributed by atoms with Crippen LogP contribution in [-0.2, 0) is 9.84 Å². The van der Waals surface area contributed by atoms with Crippen LogP contribution in [0.2, 0.25) is 0 Å². The Morgan fingerprint density at radius 1 is 1.24 bits per heavy atom. The molecule has 3 unspecified atom stereocenters. The molecule has 1 aliphatic rings. The van der Waals surface area contributed by atoms with E-state index >= 15 is 0 Å². The van der Waals surface area contributed by atoms with Crippen molar-refractivity contribution in [3.63, 3.8) is 0 Å². The van der Waals surface area contributed by atoms with Gasteiger partial charge in [0.1, 0.15) is 16.5 Å². The fraction of sp³-hybridized carbons (Fsp3) is 0.455. The van der Waals surface area contributed by atoms with Crippen LogP contribution in [0.4, 0.5) is 8.78 Å². The number of sulfone groups is 1. The number of hydrogen-bond acceptors (Lipinski definition) is 3. The van der Waals surface area contributed by atoms with Crippen molar-refractivity contribution in [2.24, 2.45) is 11.7 Å². The average Bonchev–Trinajstić information content (AvgIpc) is 2.22. The summed E-state index contributed by atoms with van der Waals surface area (Å²) in [6.45, 7) is 3.16. The summed E-state index contributed by atoms with van der Waals surface area (Å²) in [5.41, 5.74) is 5.88. The second-order valence-corrected chi connectivity index (χ2v) is 6.68. The Bertz CT molecular complexity index is 571. The van der Waals surface area contributed by atoms with Crippen LogP contribution in [0.15, 0.2) is 17.0 Å². The molecular weight excluding hydrogens is 248 g/mol. The molecule has 2 rings (SSSR count). The number of rotatable bonds is 0. The first-order chi connectivity index (χ1) is 7.76. The minimum atomic E-state index is -3.77. The first kappa shape index (κ1) is 12.4. The van der Waals surface area contributed by atoms with Gasteiger partial charge in [-0.25, -0.2) is 17.2 Å². The van der Waals surface area contributed by atoms with Crippen molar-refractivity contribution in [3.05, 3.63) is 29.3 Å². The van der Waals surface area contributed by atoms with Crippen LogP contribution < -0.4 is 5.73 Å². The van der Waals surface area contributed by atoms with Crippen LogP contribution >= 0.6 is 0 Å². The van der Waals surface area contributed by atoms with Gasteiger partial charge in [0, 0.05) is 12.1 Å². The molecule has 94 valence electrons. The van der Waals surface area contributed by atoms with Crippen LogP contribution in [0.1, 0.15) is 25.5 Å². The summed E-state index contributed by atoms with van der Waals surface area (Å²) in [6.07, 6.45) is 0. The molecule has 1 aromatic rings. The summed E-state index contributed by atoms with van der Waals surface area (Å²) in [6, 6.07) is 0.906. The highest BCUT2D eigenvalue weighted by atomic mass is 32.2. The smallest absolute Gasteiger partial charge is 0.184 e. The Morgan fingerprint density at radius 2 is 1.82 bits per heavy atom. The van der Waals surface area contributed by atoms with Crippen molar-refractivity contribution < 1.29 is 17.2 Å². The standard InChI is InChI=1S/C11H13F2NO2S/c1-5-6(2)17(15,16)11-8(10(5)14)3-7(12)4-9(11)13/h3-6,10H,14H2,1-2H3. The maximum Gasteiger partial charge on any atom is 0.184 e. The van der Waals surface area contributed by atoms with E-state index in [1.54, 1.807) is 6.92 Å². The van der Waals surface area contributed by atoms with Gasteiger partial charge in [-0.1, -0.05) is 6.92 Å². The van der Waals surface area contributed by atoms with E-state index in [4.69, 9.17) is 5.73 Å². The van der Waals surface area contributed by atoms with Crippen molar-refractivity contribution in [3.8, 4) is 0 Å². The number of fused-ring (bicyclic) bond motifs is 1. The van der Waals surface area contributed by atoms with Gasteiger partial charge in [0.2, 0.25) is 0 Å². The lowest BCUT2D eigenvalue weighted by Gasteiger charge is -2.33. The SMILES string of the molecule is CC1C(N)c2cc(F)cc(F)c2S(=O)(=O)C1C. The van der Waals surface area contributed by atoms with E-state index in [2.05, 4.69) is 0 Å². The Morgan fingerprint density at radius 3 is 2.41 bits per heavy atom. The minimum Gasteiger partial charge on any atom is -0.324 e. The molecular formula is C11H13F2NO2S. The molecule has 1 aromatic carbocycles. The Kier molecular flexibility index (Phi) is 2.74. The first-order valence-electron chi connectivity index (χ1n) is 5.25. The third-order valence-electron chi connectivity index (χ3n) is 3.48. The Hall–Kier alpha value is -1.01. The van der Waals surface area contributed by atoms with Crippen LogP contribution in [0.5, 0.6) is 0 Å². The Labute approximate surface area is 98.5 Å². The molecule has 0 saturated heterocycles. The fourth-order valence-electron chi connectivity index (χ4n) is 2.17. The van der Waals surface area contributed by atoms with Gasteiger partial charge >= 0.3 is 0 Å². The van der Waals surface area contributed by atoms with Gasteiger partial charge < -0.3 is 5.73 Å². The van der Waals surface area contributed by atoms with Gasteiger partial charge in [0.05, 0.1) is 5.25 Å². The molecule has 0 spiro atoms. The fourth-order valence-corrected chi connectivity index (χ4v) is 4.13. The van der Waals surface area contributed by atoms with Gasteiger partial charge in [-0.05, 0) is 24.5 Å². The van der Waals surface area contributed by atoms with E-state index in [1.165, 1.54) is 6.92 Å². The molecule has 2 N–H and O–H groups in total. The molecule has 0 aromatic heterocycles. The molecule has 17 heavy (non-hydrogen) atoms. The molecule has 0 saturated carbocycles. The second-order valence-electron chi connectivity index (χ2n) is 4.44. The van der Waals surface area contributed by atoms with E-state index in [1.807, 2.05) is 0 Å². The summed E-state index contributed by atoms with van der Waals surface area (Å²) in [4.78, 5) is -0.447. The molecule has 3 atom stereocenters. The second kappa shape index (κ2) is 3.74. The average molecular weight is 261 g/mol. The highest BCUT2D eigenvalue weighted by Crippen LogP contribution is 2.40. The van der Waals surface area contributed by atoms with Crippen LogP contribution in [0, 0.1) is 17.6 Å². The van der Waals surface area contributed by atoms with Gasteiger partial charge in [-0.2, -0.15) is 0 Å². The largest absolute Gasteiger partial charge is 0.324 e. The first-order valence-corrected chi connectivity index (χ1v) is 6.80. The predicted octanol–water partition coefficient (Wildman–Crippen LogP) is 1.78. The van der Waals surface area contributed by atoms with Crippen molar-refractivity contribution in [1.82, 2.24) is 0 Å². The lowest BCUT2D eigenvalue weighted by Crippen LogP contribution is -2.39. The lowest BCUT2D eigenvalue weighted by atomic mass is 9.92. The minimum absolute atomic E-state index is 0.0353. The van der Waals surface area contributed by atoms with Gasteiger partial charge in [0.15, 0.2) is 9.84 Å². The van der Waals surface area contributed by atoms with E-state index in [0.29, 0.717) is 6.07 Å². The topological polar surface area (TPSA) is 60.2 Å². The van der Waals surface area contributed by atoms with Crippen LogP contribution in [0.3, 0.4) is 0 Å². The molecule has 0 fully saturated rings. The van der Waals surface area contributed by atoms with Crippen LogP contribution in [-0.4, -0.2) is 13.7 Å². The summed E-state index contributed by atoms with van der Waals surface area (Å²) >= 11 is 0. The van der Waals surface area contributed by atoms with Crippen molar-refractivity contribution >= 4 is 9.84 Å². The number of hydrogen-bond donors (Lipinski definition) is 1. The van der Waals surface area contributed by atoms with E-state index < -0.39 is 37.7 Å². The maximum atomic E-state index is 13.6. The molecule has 0 aliphatic carbocycles. The molecule has 0 radical (unpaired) electrons. The monoisotopic (exact) mass is 261 g/mol. The maximum absolute atomic E-state index is 13.6. The van der Waals surface area contributed by atoms with E-state index in [9.17, 15) is 17.2 Å². The molecule has 0 bridgehead atoms. The summed E-state index contributed by atoms with van der Waals surface area (Å²) in [5, 5.41) is -0.773. The molecule has 0 amide bonds. The van der Waals surface area contributed by atoms with Crippen molar-refractivity contribution in [2.45, 2.75) is 30.0 Å².